The van der Waals surface area contributed by atoms with Crippen LogP contribution < -0.4 is 0 Å². The summed E-state index contributed by atoms with van der Waals surface area (Å²) in [7, 11) is 0. The Balaban J connectivity index is 2.09. The van der Waals surface area contributed by atoms with Crippen LogP contribution in [0.3, 0.4) is 0 Å². The molecule has 8 heteroatoms. The Morgan fingerprint density at radius 3 is 2.45 bits per heavy atom. The van der Waals surface area contributed by atoms with Crippen molar-refractivity contribution in [2.75, 3.05) is 19.7 Å². The minimum atomic E-state index is -4.57. The highest BCUT2D eigenvalue weighted by Crippen LogP contribution is 2.40. The van der Waals surface area contributed by atoms with Crippen molar-refractivity contribution in [2.45, 2.75) is 51.0 Å². The van der Waals surface area contributed by atoms with Gasteiger partial charge < -0.3 is 14.4 Å². The number of hydrogen-bond acceptors (Lipinski definition) is 4. The van der Waals surface area contributed by atoms with Crippen LogP contribution in [0.15, 0.2) is 0 Å². The number of carbonyl (C=O) groups is 2. The highest BCUT2D eigenvalue weighted by atomic mass is 19.4. The van der Waals surface area contributed by atoms with E-state index in [0.717, 1.165) is 6.92 Å². The predicted octanol–water partition coefficient (Wildman–Crippen LogP) is 1.90. The monoisotopic (exact) mass is 323 g/mol. The van der Waals surface area contributed by atoms with Crippen molar-refractivity contribution in [2.24, 2.45) is 5.92 Å². The van der Waals surface area contributed by atoms with E-state index in [-0.39, 0.29) is 37.9 Å². The Bertz CT molecular complexity index is 477. The lowest BCUT2D eigenvalue weighted by Gasteiger charge is -2.49. The number of halogens is 3. The molecular weight excluding hydrogens is 303 g/mol. The molecule has 22 heavy (non-hydrogen) atoms. The fourth-order valence-electron chi connectivity index (χ4n) is 2.95. The van der Waals surface area contributed by atoms with E-state index < -0.39 is 29.8 Å². The molecule has 0 unspecified atom stereocenters. The van der Waals surface area contributed by atoms with Crippen molar-refractivity contribution in [3.8, 4) is 0 Å². The molecule has 0 saturated carbocycles. The van der Waals surface area contributed by atoms with Crippen LogP contribution >= 0.6 is 0 Å². The maximum atomic E-state index is 13.2. The molecule has 0 N–H and O–H groups in total. The number of ether oxygens (including phenoxy) is 2. The van der Waals surface area contributed by atoms with Gasteiger partial charge in [0.2, 0.25) is 5.91 Å². The zero-order chi connectivity index (χ0) is 16.8. The second-order valence-corrected chi connectivity index (χ2v) is 6.80. The summed E-state index contributed by atoms with van der Waals surface area (Å²) < 4.78 is 49.7. The third kappa shape index (κ3) is 3.53. The standard InChI is InChI=1S/C14H20F3NO4/c1-12(2)7-18(8-13(3,22-12)14(15,16)17)10(19)4-9-5-11(20)21-6-9/h9H,4-8H2,1-3H3/t9-,13-/m1/s1. The largest absolute Gasteiger partial charge is 0.465 e. The van der Waals surface area contributed by atoms with Gasteiger partial charge in [0.25, 0.3) is 0 Å². The van der Waals surface area contributed by atoms with Crippen molar-refractivity contribution in [3.05, 3.63) is 0 Å². The fraction of sp³-hybridized carbons (Fsp3) is 0.857. The zero-order valence-electron chi connectivity index (χ0n) is 12.8. The van der Waals surface area contributed by atoms with E-state index in [1.165, 1.54) is 18.7 Å². The van der Waals surface area contributed by atoms with Crippen molar-refractivity contribution >= 4 is 11.9 Å². The van der Waals surface area contributed by atoms with E-state index in [1.54, 1.807) is 0 Å². The summed E-state index contributed by atoms with van der Waals surface area (Å²) in [4.78, 5) is 24.5. The molecule has 126 valence electrons. The quantitative estimate of drug-likeness (QED) is 0.728. The fourth-order valence-corrected chi connectivity index (χ4v) is 2.95. The molecule has 2 aliphatic heterocycles. The number of amides is 1. The summed E-state index contributed by atoms with van der Waals surface area (Å²) in [5.74, 6) is -1.04. The number of nitrogens with zero attached hydrogens (tertiary/aromatic N) is 1. The number of alkyl halides is 3. The molecule has 2 fully saturated rings. The van der Waals surface area contributed by atoms with Crippen LogP contribution in [0.2, 0.25) is 0 Å². The van der Waals surface area contributed by atoms with E-state index in [1.807, 2.05) is 0 Å². The van der Waals surface area contributed by atoms with Gasteiger partial charge in [-0.25, -0.2) is 0 Å². The summed E-state index contributed by atoms with van der Waals surface area (Å²) in [5.41, 5.74) is -3.49. The lowest BCUT2D eigenvalue weighted by atomic mass is 9.95. The minimum absolute atomic E-state index is 0.00968. The van der Waals surface area contributed by atoms with Crippen molar-refractivity contribution < 1.29 is 32.2 Å². The first-order valence-corrected chi connectivity index (χ1v) is 7.12. The molecule has 0 bridgehead atoms. The highest BCUT2D eigenvalue weighted by molar-refractivity contribution is 5.79. The van der Waals surface area contributed by atoms with Gasteiger partial charge in [-0.05, 0) is 20.8 Å². The van der Waals surface area contributed by atoms with E-state index in [9.17, 15) is 22.8 Å². The Morgan fingerprint density at radius 1 is 1.32 bits per heavy atom. The average molecular weight is 323 g/mol. The second-order valence-electron chi connectivity index (χ2n) is 6.80. The minimum Gasteiger partial charge on any atom is -0.465 e. The normalized spacial score (nSPS) is 32.0. The molecule has 2 atom stereocenters. The molecule has 0 aromatic rings. The third-order valence-electron chi connectivity index (χ3n) is 3.92. The van der Waals surface area contributed by atoms with Crippen LogP contribution in [-0.2, 0) is 19.1 Å². The molecule has 1 amide bonds. The second kappa shape index (κ2) is 5.40. The van der Waals surface area contributed by atoms with E-state index in [4.69, 9.17) is 9.47 Å². The first-order chi connectivity index (χ1) is 9.92. The van der Waals surface area contributed by atoms with Gasteiger partial charge in [-0.2, -0.15) is 13.2 Å². The zero-order valence-corrected chi connectivity index (χ0v) is 12.8. The lowest BCUT2D eigenvalue weighted by Crippen LogP contribution is -2.65. The van der Waals surface area contributed by atoms with Gasteiger partial charge in [-0.1, -0.05) is 0 Å². The average Bonchev–Trinajstić information content (AvgIpc) is 2.70. The van der Waals surface area contributed by atoms with Crippen molar-refractivity contribution in [3.63, 3.8) is 0 Å². The molecular formula is C14H20F3NO4. The molecule has 2 rings (SSSR count). The first-order valence-electron chi connectivity index (χ1n) is 7.12. The van der Waals surface area contributed by atoms with E-state index in [0.29, 0.717) is 0 Å². The van der Waals surface area contributed by atoms with Gasteiger partial charge in [0.1, 0.15) is 0 Å². The lowest BCUT2D eigenvalue weighted by molar-refractivity contribution is -0.320. The Kier molecular flexibility index (Phi) is 4.18. The molecule has 2 heterocycles. The molecule has 0 spiro atoms. The molecule has 0 radical (unpaired) electrons. The SMILES string of the molecule is CC1(C)CN(C(=O)C[C@H]2COC(=O)C2)C[C@](C)(C(F)(F)F)O1. The topological polar surface area (TPSA) is 55.8 Å². The van der Waals surface area contributed by atoms with Gasteiger partial charge in [0.05, 0.1) is 25.2 Å². The first kappa shape index (κ1) is 17.1. The van der Waals surface area contributed by atoms with Crippen LogP contribution in [0.1, 0.15) is 33.6 Å². The summed E-state index contributed by atoms with van der Waals surface area (Å²) in [6.07, 6.45) is -4.43. The van der Waals surface area contributed by atoms with E-state index >= 15 is 0 Å². The Labute approximate surface area is 126 Å². The number of cyclic esters (lactones) is 1. The number of carbonyl (C=O) groups excluding carboxylic acids is 2. The van der Waals surface area contributed by atoms with E-state index in [2.05, 4.69) is 0 Å². The Hall–Kier alpha value is -1.31. The van der Waals surface area contributed by atoms with Gasteiger partial charge in [0, 0.05) is 18.9 Å². The molecule has 2 saturated heterocycles. The molecule has 0 aromatic heterocycles. The number of hydrogen-bond donors (Lipinski definition) is 0. The van der Waals surface area contributed by atoms with Gasteiger partial charge >= 0.3 is 12.1 Å². The maximum absolute atomic E-state index is 13.2. The van der Waals surface area contributed by atoms with Gasteiger partial charge in [0.15, 0.2) is 5.60 Å². The van der Waals surface area contributed by atoms with Gasteiger partial charge in [-0.3, -0.25) is 9.59 Å². The predicted molar refractivity (Wildman–Crippen MR) is 69.9 cm³/mol. The van der Waals surface area contributed by atoms with Crippen molar-refractivity contribution in [1.29, 1.82) is 0 Å². The summed E-state index contributed by atoms with van der Waals surface area (Å²) >= 11 is 0. The molecule has 5 nitrogen and oxygen atoms in total. The van der Waals surface area contributed by atoms with Crippen LogP contribution in [0.25, 0.3) is 0 Å². The molecule has 0 aliphatic carbocycles. The van der Waals surface area contributed by atoms with Crippen LogP contribution in [-0.4, -0.2) is 53.9 Å². The molecule has 0 aromatic carbocycles. The molecule has 2 aliphatic rings. The third-order valence-corrected chi connectivity index (χ3v) is 3.92. The van der Waals surface area contributed by atoms with Crippen LogP contribution in [0.5, 0.6) is 0 Å². The Morgan fingerprint density at radius 2 is 1.95 bits per heavy atom. The summed E-state index contributed by atoms with van der Waals surface area (Å²) in [6, 6.07) is 0. The van der Waals surface area contributed by atoms with Crippen molar-refractivity contribution in [1.82, 2.24) is 4.90 Å². The van der Waals surface area contributed by atoms with Gasteiger partial charge in [-0.15, -0.1) is 0 Å². The number of esters is 1. The smallest absolute Gasteiger partial charge is 0.418 e. The maximum Gasteiger partial charge on any atom is 0.418 e. The highest BCUT2D eigenvalue weighted by Gasteiger charge is 2.58. The number of morpholine rings is 1. The summed E-state index contributed by atoms with van der Waals surface area (Å²) in [6.45, 7) is 3.70. The van der Waals surface area contributed by atoms with Crippen LogP contribution in [0.4, 0.5) is 13.2 Å². The summed E-state index contributed by atoms with van der Waals surface area (Å²) in [5, 5.41) is 0. The number of rotatable bonds is 2. The van der Waals surface area contributed by atoms with Crippen LogP contribution in [0, 0.1) is 5.92 Å².